The van der Waals surface area contributed by atoms with E-state index in [2.05, 4.69) is 82.8 Å². The average molecular weight is 853 g/mol. The Morgan fingerprint density at radius 3 is 2.44 bits per heavy atom. The number of hydrogen-bond donors (Lipinski definition) is 6. The Labute approximate surface area is 357 Å². The number of aliphatic hydroxyl groups excluding tert-OH is 2. The van der Waals surface area contributed by atoms with Gasteiger partial charge in [0.25, 0.3) is 0 Å². The standard InChI is InChI=1S/C45H60N8O7Si/c1-26(2)35(47-39(56)23-55)22-52-16-8-9-36(52)43-48-33-15-12-30-19-28(10-13-31(30)41(33)50-43)29-11-14-32(38(20-29)60-18-17-54)34-21-46-42(49-34)37-24-61(6,7)25-53(37)44(57)40(27(3)4)51-45(58)59-5/h10-15,19-21,26-27,35-37,40,54-55H,8-9,16-18,22-25H2,1-7H3,(H,46,49)(H,47,56)(H,48,50)(H,51,58)/t35-,36+,37+,40+/m1/s1. The Hall–Kier alpha value is -5.29. The third-order valence-corrected chi connectivity index (χ3v) is 14.8. The summed E-state index contributed by atoms with van der Waals surface area (Å²) in [6, 6.07) is 16.4. The van der Waals surface area contributed by atoms with Crippen LogP contribution >= 0.6 is 0 Å². The van der Waals surface area contributed by atoms with Crippen molar-refractivity contribution >= 4 is 47.8 Å². The first-order valence-corrected chi connectivity index (χ1v) is 24.8. The Bertz CT molecular complexity index is 2380. The first kappa shape index (κ1) is 43.8. The zero-order chi connectivity index (χ0) is 43.6. The molecule has 7 rings (SSSR count). The minimum Gasteiger partial charge on any atom is -0.490 e. The zero-order valence-corrected chi connectivity index (χ0v) is 37.2. The van der Waals surface area contributed by atoms with Gasteiger partial charge in [0.1, 0.15) is 36.7 Å². The number of rotatable bonds is 15. The van der Waals surface area contributed by atoms with Crippen LogP contribution in [0.3, 0.4) is 0 Å². The summed E-state index contributed by atoms with van der Waals surface area (Å²) in [5, 5.41) is 26.9. The number of carbonyl (C=O) groups excluding carboxylic acids is 3. The molecule has 3 amide bonds. The lowest BCUT2D eigenvalue weighted by atomic mass is 9.98. The first-order chi connectivity index (χ1) is 29.2. The van der Waals surface area contributed by atoms with Gasteiger partial charge in [-0.15, -0.1) is 0 Å². The predicted octanol–water partition coefficient (Wildman–Crippen LogP) is 5.93. The molecule has 326 valence electrons. The van der Waals surface area contributed by atoms with Gasteiger partial charge in [0, 0.05) is 29.7 Å². The molecule has 5 aromatic rings. The van der Waals surface area contributed by atoms with E-state index in [1.165, 1.54) is 7.11 Å². The fourth-order valence-electron chi connectivity index (χ4n) is 8.91. The Balaban J connectivity index is 1.14. The summed E-state index contributed by atoms with van der Waals surface area (Å²) in [5.74, 6) is 1.73. The lowest BCUT2D eigenvalue weighted by Gasteiger charge is -2.30. The molecule has 4 heterocycles. The van der Waals surface area contributed by atoms with Gasteiger partial charge in [-0.1, -0.05) is 65.1 Å². The van der Waals surface area contributed by atoms with Crippen molar-refractivity contribution in [1.82, 2.24) is 40.4 Å². The number of imidazole rings is 2. The number of hydrogen-bond acceptors (Lipinski definition) is 10. The minimum atomic E-state index is -1.82. The summed E-state index contributed by atoms with van der Waals surface area (Å²) in [5.41, 5.74) is 5.32. The molecule has 4 atom stereocenters. The number of fused-ring (bicyclic) bond motifs is 3. The van der Waals surface area contributed by atoms with Gasteiger partial charge in [-0.05, 0) is 78.0 Å². The molecule has 2 fully saturated rings. The van der Waals surface area contributed by atoms with E-state index in [1.54, 1.807) is 6.20 Å². The number of aromatic amines is 2. The maximum Gasteiger partial charge on any atom is 0.407 e. The van der Waals surface area contributed by atoms with Crippen molar-refractivity contribution in [3.63, 3.8) is 0 Å². The van der Waals surface area contributed by atoms with E-state index in [-0.39, 0.29) is 55.0 Å². The van der Waals surface area contributed by atoms with Crippen LogP contribution in [0, 0.1) is 11.8 Å². The number of ether oxygens (including phenoxy) is 2. The molecular weight excluding hydrogens is 793 g/mol. The number of likely N-dealkylation sites (tertiary alicyclic amines) is 1. The highest BCUT2D eigenvalue weighted by atomic mass is 28.3. The van der Waals surface area contributed by atoms with E-state index in [4.69, 9.17) is 19.4 Å². The molecule has 2 saturated heterocycles. The van der Waals surface area contributed by atoms with Crippen molar-refractivity contribution in [2.75, 3.05) is 46.2 Å². The molecule has 15 nitrogen and oxygen atoms in total. The van der Waals surface area contributed by atoms with Crippen molar-refractivity contribution in [2.24, 2.45) is 11.8 Å². The Morgan fingerprint density at radius 1 is 0.951 bits per heavy atom. The number of nitrogens with one attached hydrogen (secondary N) is 4. The molecule has 0 bridgehead atoms. The highest BCUT2D eigenvalue weighted by Gasteiger charge is 2.46. The quantitative estimate of drug-likeness (QED) is 0.0688. The second-order valence-corrected chi connectivity index (χ2v) is 23.0. The maximum atomic E-state index is 14.0. The second kappa shape index (κ2) is 18.4. The maximum absolute atomic E-state index is 14.0. The molecule has 0 aliphatic carbocycles. The molecule has 0 spiro atoms. The van der Waals surface area contributed by atoms with Gasteiger partial charge in [0.15, 0.2) is 0 Å². The second-order valence-electron chi connectivity index (χ2n) is 17.9. The molecule has 16 heteroatoms. The molecule has 2 aromatic heterocycles. The Morgan fingerprint density at radius 2 is 1.72 bits per heavy atom. The lowest BCUT2D eigenvalue weighted by Crippen LogP contribution is -2.52. The molecular formula is C45H60N8O7Si. The molecule has 0 saturated carbocycles. The van der Waals surface area contributed by atoms with Gasteiger partial charge in [-0.3, -0.25) is 14.5 Å². The van der Waals surface area contributed by atoms with Crippen LogP contribution in [0.1, 0.15) is 64.3 Å². The number of aromatic nitrogens is 4. The van der Waals surface area contributed by atoms with Gasteiger partial charge in [0.05, 0.1) is 56.8 Å². The van der Waals surface area contributed by atoms with Crippen LogP contribution in [0.2, 0.25) is 19.1 Å². The number of methoxy groups -OCH3 is 1. The number of carbonyl (C=O) groups is 3. The van der Waals surface area contributed by atoms with Crippen molar-refractivity contribution in [3.8, 4) is 28.1 Å². The molecule has 2 aliphatic heterocycles. The summed E-state index contributed by atoms with van der Waals surface area (Å²) < 4.78 is 11.0. The predicted molar refractivity (Wildman–Crippen MR) is 238 cm³/mol. The van der Waals surface area contributed by atoms with Crippen LogP contribution < -0.4 is 15.4 Å². The fraction of sp³-hybridized carbons (Fsp3) is 0.489. The number of nitrogens with zero attached hydrogens (tertiary/aromatic N) is 4. The molecule has 6 N–H and O–H groups in total. The van der Waals surface area contributed by atoms with Crippen LogP contribution in [0.5, 0.6) is 5.75 Å². The molecule has 0 radical (unpaired) electrons. The van der Waals surface area contributed by atoms with Gasteiger partial charge < -0.3 is 45.2 Å². The number of amides is 3. The van der Waals surface area contributed by atoms with Crippen LogP contribution in [0.25, 0.3) is 44.2 Å². The largest absolute Gasteiger partial charge is 0.490 e. The molecule has 61 heavy (non-hydrogen) atoms. The smallest absolute Gasteiger partial charge is 0.407 e. The zero-order valence-electron chi connectivity index (χ0n) is 36.2. The van der Waals surface area contributed by atoms with Crippen LogP contribution in [-0.2, 0) is 14.3 Å². The van der Waals surface area contributed by atoms with E-state index >= 15 is 0 Å². The summed E-state index contributed by atoms with van der Waals surface area (Å²) >= 11 is 0. The Kier molecular flexibility index (Phi) is 13.2. The molecule has 3 aromatic carbocycles. The fourth-order valence-corrected chi connectivity index (χ4v) is 11.8. The van der Waals surface area contributed by atoms with Gasteiger partial charge >= 0.3 is 6.09 Å². The van der Waals surface area contributed by atoms with E-state index in [0.29, 0.717) is 24.3 Å². The van der Waals surface area contributed by atoms with Gasteiger partial charge in [-0.25, -0.2) is 14.8 Å². The van der Waals surface area contributed by atoms with Crippen molar-refractivity contribution < 1.29 is 34.1 Å². The van der Waals surface area contributed by atoms with Crippen LogP contribution in [-0.4, -0.2) is 124 Å². The minimum absolute atomic E-state index is 0.0829. The van der Waals surface area contributed by atoms with Crippen LogP contribution in [0.4, 0.5) is 4.79 Å². The number of alkyl carbamates (subject to hydrolysis) is 1. The normalized spacial score (nSPS) is 18.9. The summed E-state index contributed by atoms with van der Waals surface area (Å²) in [6.07, 6.45) is 3.76. The highest BCUT2D eigenvalue weighted by molar-refractivity contribution is 6.78. The SMILES string of the molecule is COC(=O)N[C@H](C(=O)N1C[Si](C)(C)C[C@H]1c1ncc(-c2ccc(-c3ccc4c(ccc5nc([C@@H]6CCCN6C[C@@H](NC(=O)CO)C(C)C)[nH]c54)c3)cc2OCCO)[nH]1)C(C)C. The number of aliphatic hydroxyl groups is 2. The van der Waals surface area contributed by atoms with Crippen molar-refractivity contribution in [3.05, 3.63) is 66.4 Å². The first-order valence-electron chi connectivity index (χ1n) is 21.3. The highest BCUT2D eigenvalue weighted by Crippen LogP contribution is 2.41. The van der Waals surface area contributed by atoms with E-state index < -0.39 is 26.8 Å². The summed E-state index contributed by atoms with van der Waals surface area (Å²) in [4.78, 5) is 59.5. The summed E-state index contributed by atoms with van der Waals surface area (Å²) in [6.45, 7) is 13.5. The molecule has 2 aliphatic rings. The lowest BCUT2D eigenvalue weighted by molar-refractivity contribution is -0.135. The van der Waals surface area contributed by atoms with Gasteiger partial charge in [0.2, 0.25) is 11.8 Å². The summed E-state index contributed by atoms with van der Waals surface area (Å²) in [7, 11) is -0.529. The molecule has 0 unspecified atom stereocenters. The average Bonchev–Trinajstić information content (AvgIpc) is 4.06. The number of benzene rings is 3. The van der Waals surface area contributed by atoms with Crippen molar-refractivity contribution in [1.29, 1.82) is 0 Å². The third kappa shape index (κ3) is 9.47. The van der Waals surface area contributed by atoms with E-state index in [9.17, 15) is 24.6 Å². The topological polar surface area (TPSA) is 198 Å². The van der Waals surface area contributed by atoms with E-state index in [0.717, 1.165) is 75.4 Å². The monoisotopic (exact) mass is 852 g/mol. The van der Waals surface area contributed by atoms with E-state index in [1.807, 2.05) is 36.9 Å². The van der Waals surface area contributed by atoms with Crippen molar-refractivity contribution in [2.45, 2.75) is 83.8 Å². The van der Waals surface area contributed by atoms with Gasteiger partial charge in [-0.2, -0.15) is 0 Å². The third-order valence-electron chi connectivity index (χ3n) is 12.2. The number of H-pyrrole nitrogens is 2. The van der Waals surface area contributed by atoms with Crippen LogP contribution in [0.15, 0.2) is 54.7 Å².